The Morgan fingerprint density at radius 3 is 2.57 bits per heavy atom. The number of hydrogen-bond acceptors (Lipinski definition) is 2. The monoisotopic (exact) mass is 214 g/mol. The van der Waals surface area contributed by atoms with Crippen LogP contribution in [0.15, 0.2) is 11.1 Å². The van der Waals surface area contributed by atoms with Crippen LogP contribution in [0.25, 0.3) is 0 Å². The van der Waals surface area contributed by atoms with Gasteiger partial charge < -0.3 is 4.52 Å². The molecule has 0 N–H and O–H groups in total. The van der Waals surface area contributed by atoms with Crippen LogP contribution in [-0.4, -0.2) is 18.9 Å². The maximum Gasteiger partial charge on any atom is 0.206 e. The third kappa shape index (κ3) is 1.49. The molecule has 0 spiro atoms. The van der Waals surface area contributed by atoms with Gasteiger partial charge in [0.25, 0.3) is 0 Å². The highest BCUT2D eigenvalue weighted by molar-refractivity contribution is 7.60. The van der Waals surface area contributed by atoms with E-state index in [1.807, 2.05) is 0 Å². The van der Waals surface area contributed by atoms with Crippen molar-refractivity contribution in [2.24, 2.45) is 5.92 Å². The van der Waals surface area contributed by atoms with E-state index in [9.17, 15) is 4.57 Å². The van der Waals surface area contributed by atoms with Gasteiger partial charge in [0.15, 0.2) is 0 Å². The van der Waals surface area contributed by atoms with Gasteiger partial charge in [0.2, 0.25) is 7.37 Å². The lowest BCUT2D eigenvalue weighted by Gasteiger charge is -2.29. The van der Waals surface area contributed by atoms with Crippen molar-refractivity contribution in [1.82, 2.24) is 0 Å². The van der Waals surface area contributed by atoms with Gasteiger partial charge in [-0.1, -0.05) is 11.1 Å². The molecule has 1 fully saturated rings. The number of hydrogen-bond donors (Lipinski definition) is 0. The molecule has 2 rings (SSSR count). The van der Waals surface area contributed by atoms with Crippen LogP contribution in [0.4, 0.5) is 0 Å². The molecule has 3 heteroatoms. The predicted octanol–water partition coefficient (Wildman–Crippen LogP) is 3.43. The topological polar surface area (TPSA) is 26.3 Å². The van der Waals surface area contributed by atoms with E-state index in [4.69, 9.17) is 4.52 Å². The van der Waals surface area contributed by atoms with Crippen LogP contribution in [0.3, 0.4) is 0 Å². The van der Waals surface area contributed by atoms with E-state index in [1.165, 1.54) is 11.1 Å². The minimum atomic E-state index is -2.28. The van der Waals surface area contributed by atoms with E-state index in [0.29, 0.717) is 11.6 Å². The summed E-state index contributed by atoms with van der Waals surface area (Å²) in [6, 6.07) is 0. The Labute approximate surface area is 86.2 Å². The molecule has 1 heterocycles. The van der Waals surface area contributed by atoms with Crippen molar-refractivity contribution in [3.05, 3.63) is 11.1 Å². The van der Waals surface area contributed by atoms with Gasteiger partial charge in [-0.2, -0.15) is 0 Å². The van der Waals surface area contributed by atoms with Crippen LogP contribution < -0.4 is 0 Å². The zero-order valence-corrected chi connectivity index (χ0v) is 10.1. The molecule has 0 aromatic heterocycles. The zero-order valence-electron chi connectivity index (χ0n) is 9.25. The average Bonchev–Trinajstić information content (AvgIpc) is 2.47. The molecule has 1 aliphatic heterocycles. The van der Waals surface area contributed by atoms with Crippen molar-refractivity contribution in [2.75, 3.05) is 13.3 Å². The molecule has 1 saturated heterocycles. The van der Waals surface area contributed by atoms with Crippen LogP contribution in [0.2, 0.25) is 0 Å². The Balaban J connectivity index is 2.26. The van der Waals surface area contributed by atoms with Crippen molar-refractivity contribution in [3.8, 4) is 0 Å². The van der Waals surface area contributed by atoms with Crippen LogP contribution in [0, 0.1) is 5.92 Å². The van der Waals surface area contributed by atoms with Crippen molar-refractivity contribution < 1.29 is 9.09 Å². The van der Waals surface area contributed by atoms with Crippen LogP contribution >= 0.6 is 7.37 Å². The highest BCUT2D eigenvalue weighted by Crippen LogP contribution is 2.64. The van der Waals surface area contributed by atoms with Crippen LogP contribution in [-0.2, 0) is 9.09 Å². The first-order chi connectivity index (χ1) is 6.57. The molecule has 0 radical (unpaired) electrons. The normalized spacial score (nSPS) is 42.8. The maximum absolute atomic E-state index is 12.4. The van der Waals surface area contributed by atoms with Gasteiger partial charge in [-0.25, -0.2) is 0 Å². The molecule has 1 aliphatic carbocycles. The van der Waals surface area contributed by atoms with E-state index in [0.717, 1.165) is 25.4 Å². The lowest BCUT2D eigenvalue weighted by Crippen LogP contribution is -2.20. The molecule has 0 saturated carbocycles. The number of allylic oxidation sites excluding steroid dienone is 2. The van der Waals surface area contributed by atoms with Gasteiger partial charge in [-0.15, -0.1) is 0 Å². The molecule has 0 aromatic rings. The molecule has 3 unspecified atom stereocenters. The van der Waals surface area contributed by atoms with Gasteiger partial charge in [-0.3, -0.25) is 4.57 Å². The Bertz CT molecular complexity index is 319. The summed E-state index contributed by atoms with van der Waals surface area (Å²) < 4.78 is 17.6. The summed E-state index contributed by atoms with van der Waals surface area (Å²) in [6.45, 7) is 4.38. The maximum atomic E-state index is 12.4. The van der Waals surface area contributed by atoms with Crippen molar-refractivity contribution in [1.29, 1.82) is 0 Å². The molecule has 2 nitrogen and oxygen atoms in total. The Kier molecular flexibility index (Phi) is 2.61. The average molecular weight is 214 g/mol. The second-order valence-electron chi connectivity index (χ2n) is 4.72. The molecule has 2 aliphatic rings. The third-order valence-corrected chi connectivity index (χ3v) is 7.10. The molecular formula is C11H19O2P. The molecule has 80 valence electrons. The third-order valence-electron chi connectivity index (χ3n) is 3.98. The van der Waals surface area contributed by atoms with Gasteiger partial charge in [0.05, 0.1) is 0 Å². The lowest BCUT2D eigenvalue weighted by molar-refractivity contribution is 0.376. The summed E-state index contributed by atoms with van der Waals surface area (Å²) >= 11 is 0. The fourth-order valence-electron chi connectivity index (χ4n) is 2.85. The number of fused-ring (bicyclic) bond motifs is 1. The first-order valence-electron chi connectivity index (χ1n) is 5.36. The highest BCUT2D eigenvalue weighted by atomic mass is 31.2. The van der Waals surface area contributed by atoms with Gasteiger partial charge in [-0.05, 0) is 39.0 Å². The van der Waals surface area contributed by atoms with E-state index in [-0.39, 0.29) is 0 Å². The second-order valence-corrected chi connectivity index (χ2v) is 7.65. The van der Waals surface area contributed by atoms with Gasteiger partial charge in [0.1, 0.15) is 0 Å². The molecule has 0 amide bonds. The van der Waals surface area contributed by atoms with Gasteiger partial charge >= 0.3 is 0 Å². The smallest absolute Gasteiger partial charge is 0.206 e. The fraction of sp³-hybridized carbons (Fsp3) is 0.818. The quantitative estimate of drug-likeness (QED) is 0.493. The van der Waals surface area contributed by atoms with E-state index >= 15 is 0 Å². The largest absolute Gasteiger partial charge is 0.332 e. The molecule has 3 atom stereocenters. The summed E-state index contributed by atoms with van der Waals surface area (Å²) in [5.41, 5.74) is 3.28. The van der Waals surface area contributed by atoms with Crippen molar-refractivity contribution >= 4 is 7.37 Å². The first kappa shape index (κ1) is 10.4. The Hall–Kier alpha value is -0.0700. The predicted molar refractivity (Wildman–Crippen MR) is 59.0 cm³/mol. The Morgan fingerprint density at radius 2 is 1.93 bits per heavy atom. The molecule has 0 aromatic carbocycles. The summed E-state index contributed by atoms with van der Waals surface area (Å²) in [5.74, 6) is 0.629. The molecule has 14 heavy (non-hydrogen) atoms. The zero-order chi connectivity index (χ0) is 10.3. The Morgan fingerprint density at radius 1 is 1.29 bits per heavy atom. The summed E-state index contributed by atoms with van der Waals surface area (Å²) in [4.78, 5) is 0. The standard InChI is InChI=1S/C11H19O2P/c1-8-6-10-4-5-14(12,13-3)11(10)7-9(8)2/h10-11H,4-7H2,1-3H3. The first-order valence-corrected chi connectivity index (χ1v) is 7.24. The number of rotatable bonds is 1. The molecule has 0 bridgehead atoms. The van der Waals surface area contributed by atoms with Crippen molar-refractivity contribution in [3.63, 3.8) is 0 Å². The fourth-order valence-corrected chi connectivity index (χ4v) is 5.78. The van der Waals surface area contributed by atoms with Crippen molar-refractivity contribution in [2.45, 2.75) is 38.8 Å². The van der Waals surface area contributed by atoms with E-state index in [1.54, 1.807) is 7.11 Å². The van der Waals surface area contributed by atoms with Crippen LogP contribution in [0.5, 0.6) is 0 Å². The SMILES string of the molecule is COP1(=O)CCC2CC(C)=C(C)CC21. The van der Waals surface area contributed by atoms with Gasteiger partial charge in [0, 0.05) is 18.9 Å². The lowest BCUT2D eigenvalue weighted by atomic mass is 9.83. The summed E-state index contributed by atoms with van der Waals surface area (Å²) in [6.07, 6.45) is 4.05. The summed E-state index contributed by atoms with van der Waals surface area (Å²) in [7, 11) is -0.666. The minimum Gasteiger partial charge on any atom is -0.332 e. The molecular weight excluding hydrogens is 195 g/mol. The summed E-state index contributed by atoms with van der Waals surface area (Å²) in [5, 5.41) is 0. The second kappa shape index (κ2) is 3.50. The van der Waals surface area contributed by atoms with Crippen LogP contribution in [0.1, 0.15) is 33.1 Å². The van der Waals surface area contributed by atoms with E-state index in [2.05, 4.69) is 13.8 Å². The minimum absolute atomic E-state index is 0.330. The van der Waals surface area contributed by atoms with E-state index < -0.39 is 7.37 Å². The highest BCUT2D eigenvalue weighted by Gasteiger charge is 2.46.